The van der Waals surface area contributed by atoms with E-state index in [2.05, 4.69) is 16.0 Å². The van der Waals surface area contributed by atoms with Crippen LogP contribution in [0.25, 0.3) is 0 Å². The first-order valence-corrected chi connectivity index (χ1v) is 11.1. The summed E-state index contributed by atoms with van der Waals surface area (Å²) in [5, 5.41) is 9.00. The Bertz CT molecular complexity index is 1090. The smallest absolute Gasteiger partial charge is 0.251 e. The number of benzene rings is 3. The zero-order valence-corrected chi connectivity index (χ0v) is 17.5. The normalized spacial score (nSPS) is 14.9. The molecule has 5 nitrogen and oxygen atoms in total. The monoisotopic (exact) mass is 435 g/mol. The van der Waals surface area contributed by atoms with Gasteiger partial charge in [0.15, 0.2) is 0 Å². The van der Waals surface area contributed by atoms with E-state index in [0.29, 0.717) is 29.3 Å². The number of thioether (sulfide) groups is 1. The molecule has 0 bridgehead atoms. The molecule has 4 rings (SSSR count). The van der Waals surface area contributed by atoms with Crippen LogP contribution in [0.1, 0.15) is 21.5 Å². The number of hydrogen-bond donors (Lipinski definition) is 3. The number of rotatable bonds is 7. The Labute approximate surface area is 184 Å². The maximum absolute atomic E-state index is 13.3. The van der Waals surface area contributed by atoms with E-state index < -0.39 is 6.04 Å². The predicted molar refractivity (Wildman–Crippen MR) is 123 cm³/mol. The molecule has 1 heterocycles. The van der Waals surface area contributed by atoms with Crippen LogP contribution in [0.4, 0.5) is 15.8 Å². The van der Waals surface area contributed by atoms with E-state index in [1.807, 2.05) is 36.4 Å². The minimum atomic E-state index is -0.399. The number of anilines is 2. The van der Waals surface area contributed by atoms with Gasteiger partial charge in [-0.05, 0) is 41.5 Å². The Balaban J connectivity index is 1.33. The third-order valence-corrected chi connectivity index (χ3v) is 6.03. The first kappa shape index (κ1) is 20.9. The highest BCUT2D eigenvalue weighted by Crippen LogP contribution is 2.29. The molecule has 7 heteroatoms. The van der Waals surface area contributed by atoms with E-state index in [1.54, 1.807) is 36.0 Å². The number of carbonyl (C=O) groups excluding carboxylic acids is 2. The van der Waals surface area contributed by atoms with Gasteiger partial charge in [0.05, 0.1) is 11.4 Å². The summed E-state index contributed by atoms with van der Waals surface area (Å²) in [7, 11) is 0. The van der Waals surface area contributed by atoms with Crippen molar-refractivity contribution in [1.82, 2.24) is 5.32 Å². The highest BCUT2D eigenvalue weighted by atomic mass is 32.2. The van der Waals surface area contributed by atoms with Gasteiger partial charge in [0, 0.05) is 23.6 Å². The van der Waals surface area contributed by atoms with Crippen LogP contribution in [0, 0.1) is 5.82 Å². The third kappa shape index (κ3) is 5.44. The van der Waals surface area contributed by atoms with Crippen molar-refractivity contribution in [1.29, 1.82) is 0 Å². The highest BCUT2D eigenvalue weighted by molar-refractivity contribution is 7.98. The average molecular weight is 436 g/mol. The minimum absolute atomic E-state index is 0.152. The van der Waals surface area contributed by atoms with Gasteiger partial charge in [0.25, 0.3) is 5.91 Å². The number of halogens is 1. The van der Waals surface area contributed by atoms with Crippen LogP contribution in [-0.2, 0) is 17.1 Å². The van der Waals surface area contributed by atoms with E-state index in [0.717, 1.165) is 16.8 Å². The molecule has 3 N–H and O–H groups in total. The van der Waals surface area contributed by atoms with Gasteiger partial charge in [-0.3, -0.25) is 9.59 Å². The van der Waals surface area contributed by atoms with Crippen molar-refractivity contribution < 1.29 is 14.0 Å². The molecule has 2 amide bonds. The van der Waals surface area contributed by atoms with Crippen molar-refractivity contribution in [2.45, 2.75) is 18.3 Å². The maximum atomic E-state index is 13.3. The second-order valence-corrected chi connectivity index (χ2v) is 8.29. The summed E-state index contributed by atoms with van der Waals surface area (Å²) in [5.41, 5.74) is 3.74. The molecule has 31 heavy (non-hydrogen) atoms. The summed E-state index contributed by atoms with van der Waals surface area (Å²) in [5.74, 6) is 0.552. The standard InChI is InChI=1S/C24H22FN3O2S/c25-19-8-4-7-17(11-19)14-31-15-22-24(30)28-21-12-18(9-10-20(21)27-22)23(29)26-13-16-5-2-1-3-6-16/h1-12,22,27H,13-15H2,(H,26,29)(H,28,30). The Morgan fingerprint density at radius 3 is 2.58 bits per heavy atom. The van der Waals surface area contributed by atoms with Crippen LogP contribution < -0.4 is 16.0 Å². The highest BCUT2D eigenvalue weighted by Gasteiger charge is 2.26. The number of carbonyl (C=O) groups is 2. The lowest BCUT2D eigenvalue weighted by Gasteiger charge is -2.27. The third-order valence-electron chi connectivity index (χ3n) is 4.92. The van der Waals surface area contributed by atoms with Crippen LogP contribution in [-0.4, -0.2) is 23.6 Å². The number of fused-ring (bicyclic) bond motifs is 1. The lowest BCUT2D eigenvalue weighted by molar-refractivity contribution is -0.116. The van der Waals surface area contributed by atoms with Crippen molar-refractivity contribution >= 4 is 35.0 Å². The molecule has 0 saturated carbocycles. The van der Waals surface area contributed by atoms with Gasteiger partial charge in [-0.2, -0.15) is 11.8 Å². The largest absolute Gasteiger partial charge is 0.371 e. The molecule has 158 valence electrons. The van der Waals surface area contributed by atoms with Gasteiger partial charge in [-0.25, -0.2) is 4.39 Å². The molecule has 1 aliphatic heterocycles. The summed E-state index contributed by atoms with van der Waals surface area (Å²) >= 11 is 1.56. The first-order chi connectivity index (χ1) is 15.1. The predicted octanol–water partition coefficient (Wildman–Crippen LogP) is 4.42. The Morgan fingerprint density at radius 1 is 0.968 bits per heavy atom. The molecule has 0 spiro atoms. The first-order valence-electron chi connectivity index (χ1n) is 9.94. The molecule has 3 aromatic rings. The molecule has 1 unspecified atom stereocenters. The van der Waals surface area contributed by atoms with Crippen LogP contribution >= 0.6 is 11.8 Å². The van der Waals surface area contributed by atoms with E-state index in [1.165, 1.54) is 12.1 Å². The summed E-state index contributed by atoms with van der Waals surface area (Å²) < 4.78 is 13.3. The molecule has 0 aromatic heterocycles. The fourth-order valence-electron chi connectivity index (χ4n) is 3.31. The fraction of sp³-hybridized carbons (Fsp3) is 0.167. The zero-order valence-electron chi connectivity index (χ0n) is 16.7. The number of hydrogen-bond acceptors (Lipinski definition) is 4. The van der Waals surface area contributed by atoms with Crippen molar-refractivity contribution in [3.8, 4) is 0 Å². The topological polar surface area (TPSA) is 70.2 Å². The number of nitrogens with one attached hydrogen (secondary N) is 3. The van der Waals surface area contributed by atoms with E-state index in [4.69, 9.17) is 0 Å². The lowest BCUT2D eigenvalue weighted by Crippen LogP contribution is -2.40. The van der Waals surface area contributed by atoms with Gasteiger partial charge >= 0.3 is 0 Å². The molecular weight excluding hydrogens is 413 g/mol. The Kier molecular flexibility index (Phi) is 6.52. The van der Waals surface area contributed by atoms with Crippen LogP contribution in [0.3, 0.4) is 0 Å². The lowest BCUT2D eigenvalue weighted by atomic mass is 10.1. The summed E-state index contributed by atoms with van der Waals surface area (Å²) in [6, 6.07) is 21.0. The van der Waals surface area contributed by atoms with Gasteiger partial charge in [0.2, 0.25) is 5.91 Å². The van der Waals surface area contributed by atoms with E-state index in [-0.39, 0.29) is 17.6 Å². The van der Waals surface area contributed by atoms with Crippen LogP contribution in [0.5, 0.6) is 0 Å². The molecule has 1 atom stereocenters. The van der Waals surface area contributed by atoms with Crippen molar-refractivity contribution in [3.05, 3.63) is 95.3 Å². The van der Waals surface area contributed by atoms with E-state index >= 15 is 0 Å². The molecular formula is C24H22FN3O2S. The van der Waals surface area contributed by atoms with Gasteiger partial charge in [-0.1, -0.05) is 42.5 Å². The summed E-state index contributed by atoms with van der Waals surface area (Å²) in [4.78, 5) is 25.0. The molecule has 0 aliphatic carbocycles. The van der Waals surface area contributed by atoms with Crippen LogP contribution in [0.2, 0.25) is 0 Å². The Hall–Kier alpha value is -3.32. The number of amides is 2. The maximum Gasteiger partial charge on any atom is 0.251 e. The fourth-order valence-corrected chi connectivity index (χ4v) is 4.31. The van der Waals surface area contributed by atoms with Gasteiger partial charge in [-0.15, -0.1) is 0 Å². The molecule has 3 aromatic carbocycles. The van der Waals surface area contributed by atoms with Crippen molar-refractivity contribution in [2.75, 3.05) is 16.4 Å². The summed E-state index contributed by atoms with van der Waals surface area (Å²) in [6.07, 6.45) is 0. The molecule has 1 aliphatic rings. The van der Waals surface area contributed by atoms with Crippen molar-refractivity contribution in [3.63, 3.8) is 0 Å². The van der Waals surface area contributed by atoms with Crippen LogP contribution in [0.15, 0.2) is 72.8 Å². The summed E-state index contributed by atoms with van der Waals surface area (Å²) in [6.45, 7) is 0.436. The van der Waals surface area contributed by atoms with Gasteiger partial charge < -0.3 is 16.0 Å². The zero-order chi connectivity index (χ0) is 21.6. The van der Waals surface area contributed by atoms with E-state index in [9.17, 15) is 14.0 Å². The Morgan fingerprint density at radius 2 is 1.77 bits per heavy atom. The molecule has 0 radical (unpaired) electrons. The SMILES string of the molecule is O=C(NCc1ccccc1)c1ccc2c(c1)NC(=O)C(CSCc1cccc(F)c1)N2. The molecule has 0 fully saturated rings. The average Bonchev–Trinajstić information content (AvgIpc) is 2.78. The second-order valence-electron chi connectivity index (χ2n) is 7.26. The van der Waals surface area contributed by atoms with Gasteiger partial charge in [0.1, 0.15) is 11.9 Å². The minimum Gasteiger partial charge on any atom is -0.371 e. The second kappa shape index (κ2) is 9.66. The molecule has 0 saturated heterocycles. The van der Waals surface area contributed by atoms with Crippen molar-refractivity contribution in [2.24, 2.45) is 0 Å². The quantitative estimate of drug-likeness (QED) is 0.514.